The van der Waals surface area contributed by atoms with E-state index in [1.54, 1.807) is 12.4 Å². The van der Waals surface area contributed by atoms with Crippen molar-refractivity contribution in [2.75, 3.05) is 13.1 Å². The number of aromatic amines is 1. The Morgan fingerprint density at radius 1 is 1.05 bits per heavy atom. The molecular weight excluding hydrogens is 250 g/mol. The van der Waals surface area contributed by atoms with Crippen LogP contribution in [0.25, 0.3) is 11.2 Å². The maximum atomic E-state index is 4.46. The van der Waals surface area contributed by atoms with E-state index in [0.29, 0.717) is 5.92 Å². The van der Waals surface area contributed by atoms with Crippen molar-refractivity contribution in [2.45, 2.75) is 50.5 Å². The number of hydrogen-bond donors (Lipinski definition) is 1. The van der Waals surface area contributed by atoms with Gasteiger partial charge in [0.2, 0.25) is 0 Å². The standard InChI is InChI=1S/C15H21N5/c1-2-6-12(5-1)20-9-3-4-11(10-20)13-14-15(19-18-13)17-8-7-16-14/h7-8,11-12H,1-6,9-10H2,(H,17,18,19)/t11-/m0/s1. The molecule has 2 aliphatic rings. The van der Waals surface area contributed by atoms with Crippen molar-refractivity contribution >= 4 is 11.2 Å². The Labute approximate surface area is 118 Å². The molecule has 4 rings (SSSR count). The van der Waals surface area contributed by atoms with E-state index < -0.39 is 0 Å². The SMILES string of the molecule is c1cnc2c([C@H]3CCCN(C4CCCC4)C3)[nH]nc2n1. The molecule has 0 amide bonds. The van der Waals surface area contributed by atoms with Gasteiger partial charge in [0.25, 0.3) is 0 Å². The monoisotopic (exact) mass is 271 g/mol. The minimum Gasteiger partial charge on any atom is -0.300 e. The minimum atomic E-state index is 0.533. The first-order chi connectivity index (χ1) is 9.92. The molecule has 20 heavy (non-hydrogen) atoms. The highest BCUT2D eigenvalue weighted by Gasteiger charge is 2.30. The zero-order chi connectivity index (χ0) is 13.4. The van der Waals surface area contributed by atoms with Gasteiger partial charge in [-0.05, 0) is 32.2 Å². The van der Waals surface area contributed by atoms with E-state index in [4.69, 9.17) is 0 Å². The normalized spacial score (nSPS) is 25.5. The smallest absolute Gasteiger partial charge is 0.199 e. The van der Waals surface area contributed by atoms with Crippen molar-refractivity contribution < 1.29 is 0 Å². The molecule has 5 heteroatoms. The summed E-state index contributed by atoms with van der Waals surface area (Å²) in [6, 6.07) is 0.818. The fourth-order valence-electron chi connectivity index (χ4n) is 3.90. The molecule has 1 aliphatic heterocycles. The van der Waals surface area contributed by atoms with Gasteiger partial charge in [-0.25, -0.2) is 9.97 Å². The molecule has 5 nitrogen and oxygen atoms in total. The predicted octanol–water partition coefficient (Wildman–Crippen LogP) is 2.47. The second-order valence-electron chi connectivity index (χ2n) is 6.14. The van der Waals surface area contributed by atoms with Crippen molar-refractivity contribution in [3.63, 3.8) is 0 Å². The second kappa shape index (κ2) is 5.13. The maximum Gasteiger partial charge on any atom is 0.199 e. The summed E-state index contributed by atoms with van der Waals surface area (Å²) in [7, 11) is 0. The Morgan fingerprint density at radius 3 is 2.80 bits per heavy atom. The lowest BCUT2D eigenvalue weighted by Crippen LogP contribution is -2.40. The maximum absolute atomic E-state index is 4.46. The third-order valence-electron chi connectivity index (χ3n) is 4.92. The first-order valence-electron chi connectivity index (χ1n) is 7.81. The summed E-state index contributed by atoms with van der Waals surface area (Å²) in [5.41, 5.74) is 2.90. The van der Waals surface area contributed by atoms with E-state index in [9.17, 15) is 0 Å². The number of H-pyrrole nitrogens is 1. The molecule has 0 aromatic carbocycles. The summed E-state index contributed by atoms with van der Waals surface area (Å²) in [5.74, 6) is 0.533. The van der Waals surface area contributed by atoms with Gasteiger partial charge in [-0.1, -0.05) is 12.8 Å². The van der Waals surface area contributed by atoms with Crippen LogP contribution >= 0.6 is 0 Å². The molecule has 3 heterocycles. The van der Waals surface area contributed by atoms with E-state index in [1.807, 2.05) is 0 Å². The van der Waals surface area contributed by atoms with Crippen LogP contribution in [0.4, 0.5) is 0 Å². The van der Waals surface area contributed by atoms with Gasteiger partial charge in [0.1, 0.15) is 5.52 Å². The summed E-state index contributed by atoms with van der Waals surface area (Å²) >= 11 is 0. The number of rotatable bonds is 2. The summed E-state index contributed by atoms with van der Waals surface area (Å²) in [6.45, 7) is 2.41. The van der Waals surface area contributed by atoms with Crippen molar-refractivity contribution in [2.24, 2.45) is 0 Å². The van der Waals surface area contributed by atoms with E-state index in [2.05, 4.69) is 25.1 Å². The lowest BCUT2D eigenvalue weighted by Gasteiger charge is -2.36. The summed E-state index contributed by atoms with van der Waals surface area (Å²) in [5, 5.41) is 7.49. The number of piperidine rings is 1. The molecule has 1 saturated heterocycles. The number of nitrogens with one attached hydrogen (secondary N) is 1. The highest BCUT2D eigenvalue weighted by molar-refractivity contribution is 5.72. The van der Waals surface area contributed by atoms with Gasteiger partial charge in [0.05, 0.1) is 5.69 Å². The molecule has 0 unspecified atom stereocenters. The summed E-state index contributed by atoms with van der Waals surface area (Å²) < 4.78 is 0. The van der Waals surface area contributed by atoms with Gasteiger partial charge >= 0.3 is 0 Å². The van der Waals surface area contributed by atoms with Crippen molar-refractivity contribution in [3.05, 3.63) is 18.1 Å². The summed E-state index contributed by atoms with van der Waals surface area (Å²) in [4.78, 5) is 11.4. The summed E-state index contributed by atoms with van der Waals surface area (Å²) in [6.07, 6.45) is 11.6. The van der Waals surface area contributed by atoms with Crippen molar-refractivity contribution in [3.8, 4) is 0 Å². The van der Waals surface area contributed by atoms with Crippen LogP contribution < -0.4 is 0 Å². The molecule has 106 valence electrons. The van der Waals surface area contributed by atoms with Gasteiger partial charge < -0.3 is 0 Å². The highest BCUT2D eigenvalue weighted by Crippen LogP contribution is 2.33. The first kappa shape index (κ1) is 12.3. The number of aromatic nitrogens is 4. The lowest BCUT2D eigenvalue weighted by molar-refractivity contribution is 0.149. The predicted molar refractivity (Wildman–Crippen MR) is 77.5 cm³/mol. The average Bonchev–Trinajstić information content (AvgIpc) is 3.17. The van der Waals surface area contributed by atoms with E-state index in [-0.39, 0.29) is 0 Å². The Balaban J connectivity index is 1.58. The molecule has 1 aliphatic carbocycles. The van der Waals surface area contributed by atoms with Crippen LogP contribution in [0, 0.1) is 0 Å². The van der Waals surface area contributed by atoms with Crippen molar-refractivity contribution in [1.82, 2.24) is 25.1 Å². The fourth-order valence-corrected chi connectivity index (χ4v) is 3.90. The van der Waals surface area contributed by atoms with Gasteiger partial charge in [0, 0.05) is 30.9 Å². The van der Waals surface area contributed by atoms with Gasteiger partial charge in [-0.15, -0.1) is 0 Å². The van der Waals surface area contributed by atoms with Gasteiger partial charge in [-0.3, -0.25) is 10.00 Å². The quantitative estimate of drug-likeness (QED) is 0.911. The fraction of sp³-hybridized carbons (Fsp3) is 0.667. The minimum absolute atomic E-state index is 0.533. The second-order valence-corrected chi connectivity index (χ2v) is 6.14. The number of likely N-dealkylation sites (tertiary alicyclic amines) is 1. The zero-order valence-electron chi connectivity index (χ0n) is 11.8. The Kier molecular flexibility index (Phi) is 3.14. The van der Waals surface area contributed by atoms with E-state index >= 15 is 0 Å². The van der Waals surface area contributed by atoms with Gasteiger partial charge in [-0.2, -0.15) is 5.10 Å². The largest absolute Gasteiger partial charge is 0.300 e. The molecule has 0 bridgehead atoms. The molecule has 2 aromatic heterocycles. The molecule has 2 aromatic rings. The Morgan fingerprint density at radius 2 is 1.90 bits per heavy atom. The highest BCUT2D eigenvalue weighted by atomic mass is 15.2. The first-order valence-corrected chi connectivity index (χ1v) is 7.81. The zero-order valence-corrected chi connectivity index (χ0v) is 11.8. The van der Waals surface area contributed by atoms with E-state index in [1.165, 1.54) is 50.8 Å². The number of hydrogen-bond acceptors (Lipinski definition) is 4. The molecule has 1 saturated carbocycles. The van der Waals surface area contributed by atoms with Crippen LogP contribution in [-0.2, 0) is 0 Å². The molecule has 0 spiro atoms. The van der Waals surface area contributed by atoms with Gasteiger partial charge in [0.15, 0.2) is 5.65 Å². The Hall–Kier alpha value is -1.49. The van der Waals surface area contributed by atoms with Crippen molar-refractivity contribution in [1.29, 1.82) is 0 Å². The third-order valence-corrected chi connectivity index (χ3v) is 4.92. The molecule has 1 N–H and O–H groups in total. The lowest BCUT2D eigenvalue weighted by atomic mass is 9.93. The molecule has 0 radical (unpaired) electrons. The number of nitrogens with zero attached hydrogens (tertiary/aromatic N) is 4. The Bertz CT molecular complexity index is 587. The topological polar surface area (TPSA) is 57.7 Å². The molecule has 1 atom stereocenters. The average molecular weight is 271 g/mol. The van der Waals surface area contributed by atoms with Crippen LogP contribution in [0.5, 0.6) is 0 Å². The van der Waals surface area contributed by atoms with E-state index in [0.717, 1.165) is 23.8 Å². The van der Waals surface area contributed by atoms with Crippen LogP contribution in [0.15, 0.2) is 12.4 Å². The third kappa shape index (κ3) is 2.10. The van der Waals surface area contributed by atoms with Crippen LogP contribution in [0.2, 0.25) is 0 Å². The van der Waals surface area contributed by atoms with Crippen LogP contribution in [-0.4, -0.2) is 44.2 Å². The number of fused-ring (bicyclic) bond motifs is 1. The molecular formula is C15H21N5. The van der Waals surface area contributed by atoms with Crippen LogP contribution in [0.3, 0.4) is 0 Å². The molecule has 2 fully saturated rings. The van der Waals surface area contributed by atoms with Crippen LogP contribution in [0.1, 0.15) is 50.1 Å².